The fraction of sp³-hybridized carbons (Fsp3) is 0.692. The number of piperidine rings is 1. The van der Waals surface area contributed by atoms with Crippen LogP contribution in [0.15, 0.2) is 12.5 Å². The van der Waals surface area contributed by atoms with E-state index < -0.39 is 0 Å². The van der Waals surface area contributed by atoms with E-state index in [1.165, 1.54) is 37.4 Å². The van der Waals surface area contributed by atoms with Crippen molar-refractivity contribution in [3.8, 4) is 0 Å². The van der Waals surface area contributed by atoms with Crippen LogP contribution in [0.25, 0.3) is 0 Å². The van der Waals surface area contributed by atoms with Gasteiger partial charge in [0.05, 0.1) is 5.69 Å². The normalized spacial score (nSPS) is 22.2. The molecule has 2 aromatic heterocycles. The molecule has 0 radical (unpaired) electrons. The number of rotatable bonds is 5. The first-order chi connectivity index (χ1) is 16.3. The Hall–Kier alpha value is -2.48. The van der Waals surface area contributed by atoms with Crippen LogP contribution in [0.1, 0.15) is 88.7 Å². The van der Waals surface area contributed by atoms with Gasteiger partial charge in [0.1, 0.15) is 23.8 Å². The van der Waals surface area contributed by atoms with E-state index in [1.807, 2.05) is 0 Å². The number of imidazole rings is 1. The zero-order valence-corrected chi connectivity index (χ0v) is 21.2. The summed E-state index contributed by atoms with van der Waals surface area (Å²) in [5.41, 5.74) is 2.33. The van der Waals surface area contributed by atoms with Crippen molar-refractivity contribution in [2.75, 3.05) is 42.9 Å². The largest absolute Gasteiger partial charge is 0.356 e. The van der Waals surface area contributed by atoms with Crippen LogP contribution in [0, 0.1) is 0 Å². The maximum atomic E-state index is 12.0. The second-order valence-corrected chi connectivity index (χ2v) is 11.4. The Morgan fingerprint density at radius 3 is 2.50 bits per heavy atom. The highest BCUT2D eigenvalue weighted by atomic mass is 16.1. The van der Waals surface area contributed by atoms with Gasteiger partial charge in [0, 0.05) is 55.7 Å². The van der Waals surface area contributed by atoms with Crippen LogP contribution in [-0.4, -0.2) is 63.0 Å². The average Bonchev–Trinajstić information content (AvgIpc) is 3.47. The van der Waals surface area contributed by atoms with Crippen LogP contribution in [0.5, 0.6) is 0 Å². The number of nitrogens with zero attached hydrogens (tertiary/aromatic N) is 6. The lowest BCUT2D eigenvalue weighted by molar-refractivity contribution is -0.116. The van der Waals surface area contributed by atoms with E-state index in [0.29, 0.717) is 18.2 Å². The van der Waals surface area contributed by atoms with E-state index in [9.17, 15) is 4.79 Å². The molecule has 2 aromatic rings. The molecule has 184 valence electrons. The molecule has 1 atom stereocenters. The summed E-state index contributed by atoms with van der Waals surface area (Å²) >= 11 is 0. The highest BCUT2D eigenvalue weighted by Crippen LogP contribution is 2.39. The predicted molar refractivity (Wildman–Crippen MR) is 134 cm³/mol. The van der Waals surface area contributed by atoms with Gasteiger partial charge >= 0.3 is 0 Å². The molecule has 0 bridgehead atoms. The number of hydrogen-bond acceptors (Lipinski definition) is 6. The molecule has 34 heavy (non-hydrogen) atoms. The number of likely N-dealkylation sites (tertiary alicyclic amines) is 1. The number of aromatic nitrogens is 4. The molecule has 0 aromatic carbocycles. The summed E-state index contributed by atoms with van der Waals surface area (Å²) < 4.78 is 2.45. The molecular weight excluding hydrogens is 426 g/mol. The molecular formula is C26H39N7O. The van der Waals surface area contributed by atoms with Crippen molar-refractivity contribution in [2.45, 2.75) is 83.6 Å². The molecule has 2 saturated heterocycles. The van der Waals surface area contributed by atoms with E-state index in [4.69, 9.17) is 4.98 Å². The highest BCUT2D eigenvalue weighted by molar-refractivity contribution is 5.94. The molecule has 5 rings (SSSR count). The number of carbonyl (C=O) groups excluding carboxylic acids is 1. The monoisotopic (exact) mass is 465 g/mol. The topological polar surface area (TPSA) is 79.2 Å². The minimum Gasteiger partial charge on any atom is -0.356 e. The molecule has 0 spiro atoms. The summed E-state index contributed by atoms with van der Waals surface area (Å²) in [6, 6.07) is 0. The fourth-order valence-corrected chi connectivity index (χ4v) is 5.66. The Balaban J connectivity index is 1.32. The van der Waals surface area contributed by atoms with Crippen LogP contribution >= 0.6 is 0 Å². The van der Waals surface area contributed by atoms with Crippen molar-refractivity contribution in [1.82, 2.24) is 24.4 Å². The number of hydrogen-bond donors (Lipinski definition) is 1. The number of nitrogens with one attached hydrogen (secondary N) is 1. The second kappa shape index (κ2) is 9.29. The number of fused-ring (bicyclic) bond motifs is 1. The Bertz CT molecular complexity index is 1030. The molecule has 0 aliphatic carbocycles. The summed E-state index contributed by atoms with van der Waals surface area (Å²) in [5, 5.41) is 2.93. The Labute approximate surface area is 203 Å². The molecule has 0 unspecified atom stereocenters. The zero-order valence-electron chi connectivity index (χ0n) is 21.2. The van der Waals surface area contributed by atoms with Crippen molar-refractivity contribution in [3.05, 3.63) is 29.6 Å². The average molecular weight is 466 g/mol. The summed E-state index contributed by atoms with van der Waals surface area (Å²) in [6.07, 6.45) is 9.17. The summed E-state index contributed by atoms with van der Waals surface area (Å²) in [5.74, 6) is 3.57. The van der Waals surface area contributed by atoms with Crippen LogP contribution in [0.4, 0.5) is 11.6 Å². The molecule has 2 fully saturated rings. The van der Waals surface area contributed by atoms with E-state index in [2.05, 4.69) is 63.5 Å². The number of anilines is 2. The van der Waals surface area contributed by atoms with Gasteiger partial charge in [0.15, 0.2) is 0 Å². The van der Waals surface area contributed by atoms with Gasteiger partial charge < -0.3 is 19.7 Å². The lowest BCUT2D eigenvalue weighted by Gasteiger charge is -2.35. The van der Waals surface area contributed by atoms with E-state index in [-0.39, 0.29) is 17.2 Å². The lowest BCUT2D eigenvalue weighted by atomic mass is 9.92. The van der Waals surface area contributed by atoms with Gasteiger partial charge in [-0.1, -0.05) is 27.7 Å². The van der Waals surface area contributed by atoms with Gasteiger partial charge in [-0.25, -0.2) is 15.0 Å². The van der Waals surface area contributed by atoms with Gasteiger partial charge in [-0.3, -0.25) is 4.79 Å². The van der Waals surface area contributed by atoms with E-state index in [1.54, 1.807) is 6.33 Å². The van der Waals surface area contributed by atoms with Crippen LogP contribution < -0.4 is 10.2 Å². The van der Waals surface area contributed by atoms with Gasteiger partial charge in [0.2, 0.25) is 5.91 Å². The van der Waals surface area contributed by atoms with Crippen molar-refractivity contribution < 1.29 is 4.79 Å². The Morgan fingerprint density at radius 2 is 1.79 bits per heavy atom. The first-order valence-electron chi connectivity index (χ1n) is 13.0. The Morgan fingerprint density at radius 1 is 1.06 bits per heavy atom. The minimum absolute atomic E-state index is 0.0405. The van der Waals surface area contributed by atoms with Gasteiger partial charge in [-0.05, 0) is 44.7 Å². The van der Waals surface area contributed by atoms with Crippen LogP contribution in [-0.2, 0) is 16.8 Å². The van der Waals surface area contributed by atoms with Gasteiger partial charge in [-0.2, -0.15) is 0 Å². The predicted octanol–water partition coefficient (Wildman–Crippen LogP) is 3.90. The zero-order chi connectivity index (χ0) is 23.9. The van der Waals surface area contributed by atoms with Crippen LogP contribution in [0.2, 0.25) is 0 Å². The molecule has 1 N–H and O–H groups in total. The maximum Gasteiger partial charge on any atom is 0.226 e. The van der Waals surface area contributed by atoms with Crippen LogP contribution in [0.3, 0.4) is 0 Å². The first-order valence-corrected chi connectivity index (χ1v) is 13.0. The first kappa shape index (κ1) is 23.3. The lowest BCUT2D eigenvalue weighted by Crippen LogP contribution is -2.36. The molecule has 8 nitrogen and oxygen atoms in total. The van der Waals surface area contributed by atoms with Crippen molar-refractivity contribution >= 4 is 17.5 Å². The number of carbonyl (C=O) groups is 1. The van der Waals surface area contributed by atoms with Crippen molar-refractivity contribution in [3.63, 3.8) is 0 Å². The number of amides is 1. The maximum absolute atomic E-state index is 12.0. The third kappa shape index (κ3) is 4.69. The standard InChI is InChI=1S/C26H39N7O/c1-18-15-21(34)30-23-22(18)25(28-17-27-23)32-11-7-19(8-12-32)24-29-20(26(2,3)4)16-33(24)14-13-31-9-5-6-10-31/h16-19H,5-15H2,1-4H3,(H,27,28,30,34)/t18-/m1/s1. The highest BCUT2D eigenvalue weighted by Gasteiger charge is 2.32. The second-order valence-electron chi connectivity index (χ2n) is 11.4. The molecule has 1 amide bonds. The molecule has 5 heterocycles. The fourth-order valence-electron chi connectivity index (χ4n) is 5.66. The SMILES string of the molecule is C[C@@H]1CC(=O)Nc2ncnc(N3CCC(c4nc(C(C)(C)C)cn4CCN4CCCC4)CC3)c21. The van der Waals surface area contributed by atoms with Crippen molar-refractivity contribution in [1.29, 1.82) is 0 Å². The smallest absolute Gasteiger partial charge is 0.226 e. The summed E-state index contributed by atoms with van der Waals surface area (Å²) in [7, 11) is 0. The minimum atomic E-state index is 0.0405. The summed E-state index contributed by atoms with van der Waals surface area (Å²) in [4.78, 5) is 31.1. The van der Waals surface area contributed by atoms with Gasteiger partial charge in [-0.15, -0.1) is 0 Å². The third-order valence-electron chi connectivity index (χ3n) is 7.70. The molecule has 3 aliphatic rings. The van der Waals surface area contributed by atoms with E-state index in [0.717, 1.165) is 50.4 Å². The summed E-state index contributed by atoms with van der Waals surface area (Å²) in [6.45, 7) is 15.4. The molecule has 3 aliphatic heterocycles. The van der Waals surface area contributed by atoms with E-state index >= 15 is 0 Å². The van der Waals surface area contributed by atoms with Gasteiger partial charge in [0.25, 0.3) is 0 Å². The van der Waals surface area contributed by atoms with Crippen molar-refractivity contribution in [2.24, 2.45) is 0 Å². The molecule has 0 saturated carbocycles. The quantitative estimate of drug-likeness (QED) is 0.722. The third-order valence-corrected chi connectivity index (χ3v) is 7.70. The molecule has 8 heteroatoms. The Kier molecular flexibility index (Phi) is 6.35.